The van der Waals surface area contributed by atoms with E-state index in [1.807, 2.05) is 30.3 Å². The van der Waals surface area contributed by atoms with Crippen LogP contribution < -0.4 is 20.5 Å². The van der Waals surface area contributed by atoms with Gasteiger partial charge in [-0.05, 0) is 18.2 Å². The number of methoxy groups -OCH3 is 1. The number of aromatic nitrogens is 1. The summed E-state index contributed by atoms with van der Waals surface area (Å²) in [6.45, 7) is 0. The highest BCUT2D eigenvalue weighted by molar-refractivity contribution is 5.58. The smallest absolute Gasteiger partial charge is 0.243 e. The summed E-state index contributed by atoms with van der Waals surface area (Å²) in [4.78, 5) is 4.23. The van der Waals surface area contributed by atoms with Gasteiger partial charge < -0.3 is 20.5 Å². The third kappa shape index (κ3) is 1.79. The number of nitrogens with one attached hydrogen (secondary N) is 1. The SMILES string of the molecule is COc1ccc2c(n1)OC(c1ccc(N)cc1)N2. The molecule has 2 heterocycles. The number of fused-ring (bicyclic) bond motifs is 1. The third-order valence-corrected chi connectivity index (χ3v) is 2.80. The Morgan fingerprint density at radius 1 is 1.22 bits per heavy atom. The minimum absolute atomic E-state index is 0.236. The Morgan fingerprint density at radius 3 is 2.72 bits per heavy atom. The minimum atomic E-state index is -0.236. The molecule has 0 bridgehead atoms. The Balaban J connectivity index is 1.86. The first-order chi connectivity index (χ1) is 8.76. The van der Waals surface area contributed by atoms with Gasteiger partial charge in [0.25, 0.3) is 0 Å². The molecule has 1 atom stereocenters. The topological polar surface area (TPSA) is 69.4 Å². The predicted octanol–water partition coefficient (Wildman–Crippen LogP) is 2.18. The summed E-state index contributed by atoms with van der Waals surface area (Å²) in [5.74, 6) is 1.09. The van der Waals surface area contributed by atoms with Gasteiger partial charge >= 0.3 is 0 Å². The zero-order chi connectivity index (χ0) is 12.5. The maximum Gasteiger partial charge on any atom is 0.243 e. The quantitative estimate of drug-likeness (QED) is 0.791. The van der Waals surface area contributed by atoms with E-state index in [1.54, 1.807) is 13.2 Å². The van der Waals surface area contributed by atoms with Gasteiger partial charge in [-0.2, -0.15) is 4.98 Å². The van der Waals surface area contributed by atoms with Crippen molar-refractivity contribution in [2.24, 2.45) is 0 Å². The van der Waals surface area contributed by atoms with Crippen molar-refractivity contribution < 1.29 is 9.47 Å². The van der Waals surface area contributed by atoms with Gasteiger partial charge in [-0.1, -0.05) is 12.1 Å². The summed E-state index contributed by atoms with van der Waals surface area (Å²) in [6, 6.07) is 11.2. The van der Waals surface area contributed by atoms with Crippen molar-refractivity contribution in [2.45, 2.75) is 6.23 Å². The number of nitrogens with two attached hydrogens (primary N) is 1. The molecule has 5 nitrogen and oxygen atoms in total. The van der Waals surface area contributed by atoms with Crippen LogP contribution in [-0.2, 0) is 0 Å². The standard InChI is InChI=1S/C13H13N3O2/c1-17-11-7-6-10-13(16-11)18-12(15-10)8-2-4-9(14)5-3-8/h2-7,12,15H,14H2,1H3. The Labute approximate surface area is 105 Å². The lowest BCUT2D eigenvalue weighted by molar-refractivity contribution is 0.247. The van der Waals surface area contributed by atoms with Crippen molar-refractivity contribution in [1.29, 1.82) is 0 Å². The maximum absolute atomic E-state index is 5.73. The molecule has 92 valence electrons. The molecule has 0 amide bonds. The maximum atomic E-state index is 5.73. The fourth-order valence-corrected chi connectivity index (χ4v) is 1.84. The summed E-state index contributed by atoms with van der Waals surface area (Å²) >= 11 is 0. The van der Waals surface area contributed by atoms with Crippen molar-refractivity contribution in [3.63, 3.8) is 0 Å². The predicted molar refractivity (Wildman–Crippen MR) is 68.6 cm³/mol. The van der Waals surface area contributed by atoms with Crippen molar-refractivity contribution in [2.75, 3.05) is 18.2 Å². The lowest BCUT2D eigenvalue weighted by Crippen LogP contribution is -2.10. The van der Waals surface area contributed by atoms with E-state index in [-0.39, 0.29) is 6.23 Å². The molecule has 0 radical (unpaired) electrons. The highest BCUT2D eigenvalue weighted by Gasteiger charge is 2.24. The summed E-state index contributed by atoms with van der Waals surface area (Å²) in [7, 11) is 1.58. The number of rotatable bonds is 2. The van der Waals surface area contributed by atoms with E-state index in [0.717, 1.165) is 16.9 Å². The molecule has 2 aromatic rings. The number of pyridine rings is 1. The van der Waals surface area contributed by atoms with Crippen LogP contribution in [0.1, 0.15) is 11.8 Å². The molecule has 3 N–H and O–H groups in total. The third-order valence-electron chi connectivity index (χ3n) is 2.80. The summed E-state index contributed by atoms with van der Waals surface area (Å²) in [5, 5.41) is 3.24. The molecule has 0 saturated heterocycles. The summed E-state index contributed by atoms with van der Waals surface area (Å²) in [6.07, 6.45) is -0.236. The lowest BCUT2D eigenvalue weighted by atomic mass is 10.2. The van der Waals surface area contributed by atoms with Gasteiger partial charge in [-0.25, -0.2) is 0 Å². The van der Waals surface area contributed by atoms with E-state index in [0.29, 0.717) is 11.8 Å². The Morgan fingerprint density at radius 2 is 2.00 bits per heavy atom. The molecule has 0 fully saturated rings. The Hall–Kier alpha value is -2.43. The number of nitrogens with zero attached hydrogens (tertiary/aromatic N) is 1. The number of anilines is 2. The molecule has 1 aliphatic rings. The first-order valence-corrected chi connectivity index (χ1v) is 5.60. The van der Waals surface area contributed by atoms with Crippen molar-refractivity contribution in [1.82, 2.24) is 4.98 Å². The fraction of sp³-hybridized carbons (Fsp3) is 0.154. The van der Waals surface area contributed by atoms with Gasteiger partial charge in [-0.3, -0.25) is 0 Å². The van der Waals surface area contributed by atoms with Crippen molar-refractivity contribution in [3.8, 4) is 11.8 Å². The molecule has 1 aromatic carbocycles. The van der Waals surface area contributed by atoms with Gasteiger partial charge in [0.05, 0.1) is 7.11 Å². The minimum Gasteiger partial charge on any atom is -0.481 e. The van der Waals surface area contributed by atoms with E-state index in [2.05, 4.69) is 10.3 Å². The van der Waals surface area contributed by atoms with Crippen LogP contribution >= 0.6 is 0 Å². The molecule has 1 aromatic heterocycles. The normalized spacial score (nSPS) is 16.6. The van der Waals surface area contributed by atoms with Crippen molar-refractivity contribution >= 4 is 11.4 Å². The highest BCUT2D eigenvalue weighted by Crippen LogP contribution is 2.37. The van der Waals surface area contributed by atoms with Gasteiger partial charge in [0.15, 0.2) is 6.23 Å². The van der Waals surface area contributed by atoms with Crippen LogP contribution in [0.15, 0.2) is 36.4 Å². The second-order valence-corrected chi connectivity index (χ2v) is 4.02. The van der Waals surface area contributed by atoms with Gasteiger partial charge in [-0.15, -0.1) is 0 Å². The van der Waals surface area contributed by atoms with Crippen LogP contribution in [-0.4, -0.2) is 12.1 Å². The van der Waals surface area contributed by atoms with Crippen LogP contribution in [0.5, 0.6) is 11.8 Å². The summed E-state index contributed by atoms with van der Waals surface area (Å²) < 4.78 is 10.8. The number of hydrogen-bond donors (Lipinski definition) is 2. The number of hydrogen-bond acceptors (Lipinski definition) is 5. The Bertz CT molecular complexity index is 569. The van der Waals surface area contributed by atoms with E-state index in [9.17, 15) is 0 Å². The lowest BCUT2D eigenvalue weighted by Gasteiger charge is -2.11. The van der Waals surface area contributed by atoms with Crippen LogP contribution in [0.4, 0.5) is 11.4 Å². The molecule has 3 rings (SSSR count). The molecule has 0 saturated carbocycles. The van der Waals surface area contributed by atoms with E-state index in [4.69, 9.17) is 15.2 Å². The second-order valence-electron chi connectivity index (χ2n) is 4.02. The second kappa shape index (κ2) is 4.10. The number of benzene rings is 1. The zero-order valence-corrected chi connectivity index (χ0v) is 9.88. The number of nitrogen functional groups attached to an aromatic ring is 1. The molecular weight excluding hydrogens is 230 g/mol. The van der Waals surface area contributed by atoms with Crippen LogP contribution in [0, 0.1) is 0 Å². The van der Waals surface area contributed by atoms with E-state index >= 15 is 0 Å². The monoisotopic (exact) mass is 243 g/mol. The van der Waals surface area contributed by atoms with Gasteiger partial charge in [0.1, 0.15) is 5.69 Å². The van der Waals surface area contributed by atoms with E-state index < -0.39 is 0 Å². The summed E-state index contributed by atoms with van der Waals surface area (Å²) in [5.41, 5.74) is 8.25. The average molecular weight is 243 g/mol. The van der Waals surface area contributed by atoms with Gasteiger partial charge in [0, 0.05) is 17.3 Å². The fourth-order valence-electron chi connectivity index (χ4n) is 1.84. The van der Waals surface area contributed by atoms with Crippen molar-refractivity contribution in [3.05, 3.63) is 42.0 Å². The molecule has 18 heavy (non-hydrogen) atoms. The molecule has 0 spiro atoms. The van der Waals surface area contributed by atoms with E-state index in [1.165, 1.54) is 0 Å². The molecular formula is C13H13N3O2. The zero-order valence-electron chi connectivity index (χ0n) is 9.88. The molecule has 0 aliphatic carbocycles. The van der Waals surface area contributed by atoms with Crippen LogP contribution in [0.25, 0.3) is 0 Å². The first-order valence-electron chi connectivity index (χ1n) is 5.60. The van der Waals surface area contributed by atoms with Crippen LogP contribution in [0.2, 0.25) is 0 Å². The molecule has 1 unspecified atom stereocenters. The Kier molecular flexibility index (Phi) is 2.44. The van der Waals surface area contributed by atoms with Crippen LogP contribution in [0.3, 0.4) is 0 Å². The molecule has 5 heteroatoms. The highest BCUT2D eigenvalue weighted by atomic mass is 16.5. The first kappa shape index (κ1) is 10.7. The molecule has 1 aliphatic heterocycles. The van der Waals surface area contributed by atoms with Gasteiger partial charge in [0.2, 0.25) is 11.8 Å². The largest absolute Gasteiger partial charge is 0.481 e. The average Bonchev–Trinajstić information content (AvgIpc) is 2.82. The number of ether oxygens (including phenoxy) is 2.